The summed E-state index contributed by atoms with van der Waals surface area (Å²) in [5.74, 6) is -0.792. The molecule has 160 valence electrons. The van der Waals surface area contributed by atoms with Gasteiger partial charge in [0.05, 0.1) is 24.1 Å². The van der Waals surface area contributed by atoms with Gasteiger partial charge in [-0.15, -0.1) is 11.3 Å². The third-order valence-corrected chi connectivity index (χ3v) is 6.24. The molecule has 2 aromatic heterocycles. The van der Waals surface area contributed by atoms with E-state index in [2.05, 4.69) is 32.3 Å². The molecule has 0 fully saturated rings. The number of benzene rings is 1. The van der Waals surface area contributed by atoms with Crippen molar-refractivity contribution in [1.82, 2.24) is 14.9 Å². The highest BCUT2D eigenvalue weighted by atomic mass is 32.1. The van der Waals surface area contributed by atoms with Gasteiger partial charge in [0.1, 0.15) is 10.7 Å². The van der Waals surface area contributed by atoms with Gasteiger partial charge in [-0.25, -0.2) is 9.78 Å². The number of nitrogens with zero attached hydrogens (tertiary/aromatic N) is 3. The SMILES string of the molecule is CCOC(=O)c1c(NC(=O)c2cnc(C)cn2)sc2c1CCN(Cc1ccccc1)C2. The first-order chi connectivity index (χ1) is 15.0. The molecule has 3 heterocycles. The molecule has 8 heteroatoms. The van der Waals surface area contributed by atoms with E-state index in [9.17, 15) is 9.59 Å². The van der Waals surface area contributed by atoms with Crippen molar-refractivity contribution in [3.63, 3.8) is 0 Å². The molecule has 1 aliphatic rings. The number of fused-ring (bicyclic) bond motifs is 1. The molecule has 7 nitrogen and oxygen atoms in total. The highest BCUT2D eigenvalue weighted by molar-refractivity contribution is 7.17. The number of carbonyl (C=O) groups is 2. The molecule has 0 bridgehead atoms. The summed E-state index contributed by atoms with van der Waals surface area (Å²) in [4.78, 5) is 37.1. The van der Waals surface area contributed by atoms with Crippen molar-refractivity contribution in [2.75, 3.05) is 18.5 Å². The Morgan fingerprint density at radius 2 is 2.00 bits per heavy atom. The molecule has 1 N–H and O–H groups in total. The summed E-state index contributed by atoms with van der Waals surface area (Å²) in [6.07, 6.45) is 3.71. The lowest BCUT2D eigenvalue weighted by Crippen LogP contribution is -2.29. The molecule has 1 amide bonds. The Balaban J connectivity index is 1.59. The zero-order valence-electron chi connectivity index (χ0n) is 17.6. The standard InChI is InChI=1S/C23H24N4O3S/c1-3-30-23(29)20-17-9-10-27(13-16-7-5-4-6-8-16)14-19(17)31-22(20)26-21(28)18-12-24-15(2)11-25-18/h4-8,11-12H,3,9-10,13-14H2,1-2H3,(H,26,28). The Kier molecular flexibility index (Phi) is 6.39. The Bertz CT molecular complexity index is 1080. The van der Waals surface area contributed by atoms with Crippen LogP contribution in [0.4, 0.5) is 5.00 Å². The number of aryl methyl sites for hydroxylation is 1. The van der Waals surface area contributed by atoms with Crippen LogP contribution in [-0.2, 0) is 24.2 Å². The number of nitrogens with one attached hydrogen (secondary N) is 1. The largest absolute Gasteiger partial charge is 0.462 e. The second-order valence-electron chi connectivity index (χ2n) is 7.37. The fraction of sp³-hybridized carbons (Fsp3) is 0.304. The number of carbonyl (C=O) groups excluding carboxylic acids is 2. The van der Waals surface area contributed by atoms with Gasteiger partial charge in [0, 0.05) is 30.7 Å². The van der Waals surface area contributed by atoms with Gasteiger partial charge in [-0.1, -0.05) is 30.3 Å². The normalized spacial score (nSPS) is 13.5. The summed E-state index contributed by atoms with van der Waals surface area (Å²) in [7, 11) is 0. The van der Waals surface area contributed by atoms with Crippen LogP contribution in [0.1, 0.15) is 49.5 Å². The molecular weight excluding hydrogens is 412 g/mol. The summed E-state index contributed by atoms with van der Waals surface area (Å²) < 4.78 is 5.29. The van der Waals surface area contributed by atoms with E-state index in [1.807, 2.05) is 25.1 Å². The Hall–Kier alpha value is -3.10. The van der Waals surface area contributed by atoms with Crippen molar-refractivity contribution < 1.29 is 14.3 Å². The minimum Gasteiger partial charge on any atom is -0.462 e. The second kappa shape index (κ2) is 9.36. The maximum absolute atomic E-state index is 12.7. The van der Waals surface area contributed by atoms with Gasteiger partial charge in [0.15, 0.2) is 0 Å². The minimum atomic E-state index is -0.401. The molecule has 0 radical (unpaired) electrons. The van der Waals surface area contributed by atoms with Gasteiger partial charge in [0.2, 0.25) is 0 Å². The van der Waals surface area contributed by atoms with E-state index in [1.54, 1.807) is 13.1 Å². The Morgan fingerprint density at radius 3 is 2.71 bits per heavy atom. The molecule has 0 spiro atoms. The molecule has 0 atom stereocenters. The van der Waals surface area contributed by atoms with E-state index < -0.39 is 11.9 Å². The highest BCUT2D eigenvalue weighted by Gasteiger charge is 2.30. The molecule has 3 aromatic rings. The third kappa shape index (κ3) is 4.81. The van der Waals surface area contributed by atoms with Crippen LogP contribution in [0.15, 0.2) is 42.7 Å². The number of anilines is 1. The minimum absolute atomic E-state index is 0.206. The summed E-state index contributed by atoms with van der Waals surface area (Å²) in [6.45, 7) is 6.26. The van der Waals surface area contributed by atoms with E-state index in [1.165, 1.54) is 23.1 Å². The van der Waals surface area contributed by atoms with Gasteiger partial charge in [-0.3, -0.25) is 14.7 Å². The smallest absolute Gasteiger partial charge is 0.341 e. The molecule has 0 aliphatic carbocycles. The fourth-order valence-corrected chi connectivity index (χ4v) is 4.89. The topological polar surface area (TPSA) is 84.4 Å². The monoisotopic (exact) mass is 436 g/mol. The number of amides is 1. The van der Waals surface area contributed by atoms with Gasteiger partial charge in [-0.05, 0) is 31.4 Å². The van der Waals surface area contributed by atoms with Crippen LogP contribution in [0.2, 0.25) is 0 Å². The van der Waals surface area contributed by atoms with Crippen LogP contribution < -0.4 is 5.32 Å². The van der Waals surface area contributed by atoms with Crippen LogP contribution in [0, 0.1) is 6.92 Å². The maximum atomic E-state index is 12.7. The summed E-state index contributed by atoms with van der Waals surface area (Å²) >= 11 is 1.43. The lowest BCUT2D eigenvalue weighted by Gasteiger charge is -2.27. The summed E-state index contributed by atoms with van der Waals surface area (Å²) in [5.41, 5.74) is 3.62. The van der Waals surface area contributed by atoms with Crippen molar-refractivity contribution in [2.24, 2.45) is 0 Å². The predicted molar refractivity (Wildman–Crippen MR) is 119 cm³/mol. The number of rotatable bonds is 6. The molecule has 1 aliphatic heterocycles. The van der Waals surface area contributed by atoms with Crippen molar-refractivity contribution in [3.8, 4) is 0 Å². The van der Waals surface area contributed by atoms with Crippen LogP contribution in [-0.4, -0.2) is 39.9 Å². The van der Waals surface area contributed by atoms with Crippen LogP contribution >= 0.6 is 11.3 Å². The molecule has 4 rings (SSSR count). The molecule has 1 aromatic carbocycles. The van der Waals surface area contributed by atoms with Crippen molar-refractivity contribution >= 4 is 28.2 Å². The van der Waals surface area contributed by atoms with E-state index in [4.69, 9.17) is 4.74 Å². The number of esters is 1. The predicted octanol–water partition coefficient (Wildman–Crippen LogP) is 3.83. The number of aromatic nitrogens is 2. The average molecular weight is 437 g/mol. The third-order valence-electron chi connectivity index (χ3n) is 5.11. The van der Waals surface area contributed by atoms with Crippen LogP contribution in [0.3, 0.4) is 0 Å². The first-order valence-corrected chi connectivity index (χ1v) is 11.0. The second-order valence-corrected chi connectivity index (χ2v) is 8.48. The molecule has 0 saturated heterocycles. The van der Waals surface area contributed by atoms with E-state index in [0.29, 0.717) is 10.6 Å². The van der Waals surface area contributed by atoms with Gasteiger partial charge in [-0.2, -0.15) is 0 Å². The van der Waals surface area contributed by atoms with Gasteiger partial charge < -0.3 is 10.1 Å². The summed E-state index contributed by atoms with van der Waals surface area (Å²) in [5, 5.41) is 3.38. The lowest BCUT2D eigenvalue weighted by atomic mass is 10.0. The van der Waals surface area contributed by atoms with Crippen molar-refractivity contribution in [1.29, 1.82) is 0 Å². The Morgan fingerprint density at radius 1 is 1.19 bits per heavy atom. The number of hydrogen-bond donors (Lipinski definition) is 1. The van der Waals surface area contributed by atoms with E-state index in [-0.39, 0.29) is 12.3 Å². The molecule has 0 saturated carbocycles. The first kappa shape index (κ1) is 21.1. The molecular formula is C23H24N4O3S. The van der Waals surface area contributed by atoms with Gasteiger partial charge in [0.25, 0.3) is 5.91 Å². The van der Waals surface area contributed by atoms with Crippen molar-refractivity contribution in [3.05, 3.63) is 75.7 Å². The fourth-order valence-electron chi connectivity index (χ4n) is 3.62. The van der Waals surface area contributed by atoms with Crippen molar-refractivity contribution in [2.45, 2.75) is 33.4 Å². The van der Waals surface area contributed by atoms with Crippen LogP contribution in [0.25, 0.3) is 0 Å². The molecule has 31 heavy (non-hydrogen) atoms. The molecule has 0 unspecified atom stereocenters. The average Bonchev–Trinajstić information content (AvgIpc) is 3.12. The van der Waals surface area contributed by atoms with E-state index in [0.717, 1.165) is 42.2 Å². The summed E-state index contributed by atoms with van der Waals surface area (Å²) in [6, 6.07) is 10.3. The first-order valence-electron chi connectivity index (χ1n) is 10.2. The number of ether oxygens (including phenoxy) is 1. The van der Waals surface area contributed by atoms with Gasteiger partial charge >= 0.3 is 5.97 Å². The maximum Gasteiger partial charge on any atom is 0.341 e. The zero-order chi connectivity index (χ0) is 21.8. The van der Waals surface area contributed by atoms with Crippen LogP contribution in [0.5, 0.6) is 0 Å². The quantitative estimate of drug-likeness (QED) is 0.591. The van der Waals surface area contributed by atoms with E-state index >= 15 is 0 Å². The number of thiophene rings is 1. The Labute approximate surface area is 185 Å². The zero-order valence-corrected chi connectivity index (χ0v) is 18.4. The lowest BCUT2D eigenvalue weighted by molar-refractivity contribution is 0.0526. The highest BCUT2D eigenvalue weighted by Crippen LogP contribution is 2.38. The number of hydrogen-bond acceptors (Lipinski definition) is 7.